The molecule has 1 aromatic heterocycles. The highest BCUT2D eigenvalue weighted by atomic mass is 32.1. The lowest BCUT2D eigenvalue weighted by molar-refractivity contribution is -0.0206. The van der Waals surface area contributed by atoms with Crippen LogP contribution in [-0.2, 0) is 22.5 Å². The van der Waals surface area contributed by atoms with Gasteiger partial charge >= 0.3 is 0 Å². The number of thiophene rings is 1. The van der Waals surface area contributed by atoms with E-state index in [4.69, 9.17) is 9.47 Å². The minimum atomic E-state index is -0.246. The standard InChI is InChI=1S/C18H20FNO3S/c1-22-12-16-6-7-17(24-16)18(21)20-8-9-23-15(11-20)10-13-2-4-14(19)5-3-13/h2-7,15H,8-12H2,1H3. The van der Waals surface area contributed by atoms with Crippen LogP contribution in [0.4, 0.5) is 4.39 Å². The van der Waals surface area contributed by atoms with Gasteiger partial charge in [0.2, 0.25) is 0 Å². The molecule has 1 saturated heterocycles. The molecule has 0 N–H and O–H groups in total. The molecule has 2 heterocycles. The number of rotatable bonds is 5. The normalized spacial score (nSPS) is 17.9. The first kappa shape index (κ1) is 17.1. The second kappa shape index (κ2) is 7.88. The highest BCUT2D eigenvalue weighted by molar-refractivity contribution is 7.14. The molecule has 1 amide bonds. The number of methoxy groups -OCH3 is 1. The van der Waals surface area contributed by atoms with Gasteiger partial charge in [0, 0.05) is 31.5 Å². The Morgan fingerprint density at radius 3 is 2.88 bits per heavy atom. The van der Waals surface area contributed by atoms with Crippen LogP contribution in [0.1, 0.15) is 20.1 Å². The predicted octanol–water partition coefficient (Wildman–Crippen LogP) is 3.12. The van der Waals surface area contributed by atoms with Crippen molar-refractivity contribution in [3.8, 4) is 0 Å². The summed E-state index contributed by atoms with van der Waals surface area (Å²) in [5.74, 6) is -0.209. The van der Waals surface area contributed by atoms with E-state index in [1.54, 1.807) is 19.2 Å². The first-order valence-corrected chi connectivity index (χ1v) is 8.70. The number of hydrogen-bond acceptors (Lipinski definition) is 4. The van der Waals surface area contributed by atoms with E-state index in [2.05, 4.69) is 0 Å². The molecule has 0 radical (unpaired) electrons. The van der Waals surface area contributed by atoms with Crippen LogP contribution < -0.4 is 0 Å². The fourth-order valence-corrected chi connectivity index (χ4v) is 3.73. The van der Waals surface area contributed by atoms with Gasteiger partial charge in [-0.1, -0.05) is 12.1 Å². The summed E-state index contributed by atoms with van der Waals surface area (Å²) in [6.45, 7) is 2.19. The molecule has 1 unspecified atom stereocenters. The van der Waals surface area contributed by atoms with Gasteiger partial charge in [-0.25, -0.2) is 4.39 Å². The molecule has 128 valence electrons. The molecule has 1 fully saturated rings. The number of benzene rings is 1. The third-order valence-corrected chi connectivity index (χ3v) is 5.01. The second-order valence-electron chi connectivity index (χ2n) is 5.77. The van der Waals surface area contributed by atoms with Gasteiger partial charge in [0.05, 0.1) is 24.2 Å². The molecule has 6 heteroatoms. The number of ether oxygens (including phenoxy) is 2. The largest absolute Gasteiger partial charge is 0.379 e. The molecule has 0 bridgehead atoms. The Bertz CT molecular complexity index is 686. The first-order chi connectivity index (χ1) is 11.7. The van der Waals surface area contributed by atoms with Crippen molar-refractivity contribution in [2.75, 3.05) is 26.8 Å². The van der Waals surface area contributed by atoms with Gasteiger partial charge < -0.3 is 14.4 Å². The highest BCUT2D eigenvalue weighted by Crippen LogP contribution is 2.21. The van der Waals surface area contributed by atoms with Crippen molar-refractivity contribution in [1.82, 2.24) is 4.90 Å². The lowest BCUT2D eigenvalue weighted by Crippen LogP contribution is -2.46. The Morgan fingerprint density at radius 1 is 1.33 bits per heavy atom. The molecule has 3 rings (SSSR count). The van der Waals surface area contributed by atoms with Crippen molar-refractivity contribution in [3.63, 3.8) is 0 Å². The van der Waals surface area contributed by atoms with Crippen LogP contribution in [0, 0.1) is 5.82 Å². The number of halogens is 1. The van der Waals surface area contributed by atoms with Crippen molar-refractivity contribution in [1.29, 1.82) is 0 Å². The second-order valence-corrected chi connectivity index (χ2v) is 6.94. The topological polar surface area (TPSA) is 38.8 Å². The average Bonchev–Trinajstić information content (AvgIpc) is 3.06. The minimum absolute atomic E-state index is 0.0368. The number of nitrogens with zero attached hydrogens (tertiary/aromatic N) is 1. The Kier molecular flexibility index (Phi) is 5.60. The maximum Gasteiger partial charge on any atom is 0.264 e. The zero-order chi connectivity index (χ0) is 16.9. The van der Waals surface area contributed by atoms with E-state index in [1.807, 2.05) is 17.0 Å². The third-order valence-electron chi connectivity index (χ3n) is 3.96. The van der Waals surface area contributed by atoms with Crippen molar-refractivity contribution in [3.05, 3.63) is 57.5 Å². The first-order valence-electron chi connectivity index (χ1n) is 7.88. The smallest absolute Gasteiger partial charge is 0.264 e. The zero-order valence-electron chi connectivity index (χ0n) is 13.5. The van der Waals surface area contributed by atoms with Crippen LogP contribution in [-0.4, -0.2) is 43.7 Å². The van der Waals surface area contributed by atoms with Crippen LogP contribution in [0.25, 0.3) is 0 Å². The Labute approximate surface area is 144 Å². The van der Waals surface area contributed by atoms with E-state index in [9.17, 15) is 9.18 Å². The number of morpholine rings is 1. The molecule has 0 spiro atoms. The summed E-state index contributed by atoms with van der Waals surface area (Å²) in [5.41, 5.74) is 1.01. The van der Waals surface area contributed by atoms with E-state index in [0.717, 1.165) is 15.3 Å². The highest BCUT2D eigenvalue weighted by Gasteiger charge is 2.26. The van der Waals surface area contributed by atoms with Gasteiger partial charge in [-0.2, -0.15) is 0 Å². The van der Waals surface area contributed by atoms with Crippen LogP contribution in [0.15, 0.2) is 36.4 Å². The fraction of sp³-hybridized carbons (Fsp3) is 0.389. The van der Waals surface area contributed by atoms with Gasteiger partial charge in [-0.15, -0.1) is 11.3 Å². The lowest BCUT2D eigenvalue weighted by atomic mass is 10.1. The average molecular weight is 349 g/mol. The van der Waals surface area contributed by atoms with Gasteiger partial charge in [-0.05, 0) is 29.8 Å². The summed E-state index contributed by atoms with van der Waals surface area (Å²) >= 11 is 1.47. The Hall–Kier alpha value is -1.76. The lowest BCUT2D eigenvalue weighted by Gasteiger charge is -2.32. The predicted molar refractivity (Wildman–Crippen MR) is 90.8 cm³/mol. The SMILES string of the molecule is COCc1ccc(C(=O)N2CCOC(Cc3ccc(F)cc3)C2)s1. The molecule has 1 aliphatic rings. The summed E-state index contributed by atoms with van der Waals surface area (Å²) in [6, 6.07) is 10.2. The van der Waals surface area contributed by atoms with Crippen LogP contribution in [0.5, 0.6) is 0 Å². The molecular formula is C18H20FNO3S. The number of carbonyl (C=O) groups excluding carboxylic acids is 1. The summed E-state index contributed by atoms with van der Waals surface area (Å²) < 4.78 is 23.9. The molecule has 4 nitrogen and oxygen atoms in total. The van der Waals surface area contributed by atoms with Crippen LogP contribution >= 0.6 is 11.3 Å². The van der Waals surface area contributed by atoms with Gasteiger partial charge in [0.15, 0.2) is 0 Å². The van der Waals surface area contributed by atoms with E-state index in [1.165, 1.54) is 23.5 Å². The van der Waals surface area contributed by atoms with E-state index >= 15 is 0 Å². The van der Waals surface area contributed by atoms with E-state index in [0.29, 0.717) is 32.7 Å². The van der Waals surface area contributed by atoms with Crippen LogP contribution in [0.3, 0.4) is 0 Å². The van der Waals surface area contributed by atoms with Crippen molar-refractivity contribution < 1.29 is 18.7 Å². The monoisotopic (exact) mass is 349 g/mol. The Balaban J connectivity index is 1.61. The summed E-state index contributed by atoms with van der Waals surface area (Å²) in [5, 5.41) is 0. The van der Waals surface area contributed by atoms with Crippen molar-refractivity contribution in [2.24, 2.45) is 0 Å². The molecule has 1 atom stereocenters. The quantitative estimate of drug-likeness (QED) is 0.833. The zero-order valence-corrected chi connectivity index (χ0v) is 14.4. The Morgan fingerprint density at radius 2 is 2.12 bits per heavy atom. The fourth-order valence-electron chi connectivity index (χ4n) is 2.78. The van der Waals surface area contributed by atoms with Gasteiger partial charge in [0.1, 0.15) is 5.82 Å². The van der Waals surface area contributed by atoms with Crippen molar-refractivity contribution in [2.45, 2.75) is 19.1 Å². The summed E-state index contributed by atoms with van der Waals surface area (Å²) in [7, 11) is 1.64. The number of amides is 1. The van der Waals surface area contributed by atoms with Crippen molar-refractivity contribution >= 4 is 17.2 Å². The third kappa shape index (κ3) is 4.20. The summed E-state index contributed by atoms with van der Waals surface area (Å²) in [6.07, 6.45) is 0.607. The van der Waals surface area contributed by atoms with Gasteiger partial charge in [0.25, 0.3) is 5.91 Å². The van der Waals surface area contributed by atoms with Gasteiger partial charge in [-0.3, -0.25) is 4.79 Å². The molecule has 24 heavy (non-hydrogen) atoms. The maximum atomic E-state index is 13.0. The minimum Gasteiger partial charge on any atom is -0.379 e. The molecule has 1 aromatic carbocycles. The molecular weight excluding hydrogens is 329 g/mol. The number of hydrogen-bond donors (Lipinski definition) is 0. The van der Waals surface area contributed by atoms with E-state index in [-0.39, 0.29) is 17.8 Å². The molecule has 2 aromatic rings. The number of carbonyl (C=O) groups is 1. The molecule has 0 saturated carbocycles. The maximum absolute atomic E-state index is 13.0. The summed E-state index contributed by atoms with van der Waals surface area (Å²) in [4.78, 5) is 16.2. The van der Waals surface area contributed by atoms with E-state index < -0.39 is 0 Å². The molecule has 1 aliphatic heterocycles. The van der Waals surface area contributed by atoms with Crippen LogP contribution in [0.2, 0.25) is 0 Å². The molecule has 0 aliphatic carbocycles.